The van der Waals surface area contributed by atoms with E-state index in [-0.39, 0.29) is 18.0 Å². The number of aryl methyl sites for hydroxylation is 1. The Morgan fingerprint density at radius 1 is 1.30 bits per heavy atom. The number of hydrogen-bond acceptors (Lipinski definition) is 2. The number of benzene rings is 1. The van der Waals surface area contributed by atoms with Gasteiger partial charge in [-0.25, -0.2) is 0 Å². The third kappa shape index (κ3) is 6.52. The van der Waals surface area contributed by atoms with Crippen molar-refractivity contribution in [2.45, 2.75) is 39.7 Å². The fourth-order valence-electron chi connectivity index (χ4n) is 1.67. The van der Waals surface area contributed by atoms with Gasteiger partial charge in [0.15, 0.2) is 5.11 Å². The summed E-state index contributed by atoms with van der Waals surface area (Å²) in [4.78, 5) is 11.7. The van der Waals surface area contributed by atoms with Crippen molar-refractivity contribution >= 4 is 28.9 Å². The molecule has 1 aromatic rings. The van der Waals surface area contributed by atoms with Gasteiger partial charge in [-0.05, 0) is 57.1 Å². The molecule has 0 atom stereocenters. The molecule has 0 aromatic heterocycles. The number of hydrogen-bond donors (Lipinski definition) is 3. The van der Waals surface area contributed by atoms with Gasteiger partial charge in [0, 0.05) is 11.2 Å². The van der Waals surface area contributed by atoms with Crippen molar-refractivity contribution in [2.75, 3.05) is 11.9 Å². The number of thiocarbonyl (C=S) groups is 1. The summed E-state index contributed by atoms with van der Waals surface area (Å²) in [5.74, 6) is -0.0797. The third-order valence-corrected chi connectivity index (χ3v) is 2.76. The molecule has 0 saturated heterocycles. The second-order valence-electron chi connectivity index (χ2n) is 5.66. The highest BCUT2D eigenvalue weighted by Gasteiger charge is 2.13. The van der Waals surface area contributed by atoms with E-state index in [2.05, 4.69) is 28.9 Å². The summed E-state index contributed by atoms with van der Waals surface area (Å²) in [6.45, 7) is 8.09. The molecule has 0 aliphatic rings. The molecule has 0 fully saturated rings. The second-order valence-corrected chi connectivity index (χ2v) is 6.07. The lowest BCUT2D eigenvalue weighted by molar-refractivity contribution is -0.121. The van der Waals surface area contributed by atoms with Crippen molar-refractivity contribution in [3.05, 3.63) is 29.8 Å². The summed E-state index contributed by atoms with van der Waals surface area (Å²) in [6.07, 6.45) is 0.976. The zero-order valence-corrected chi connectivity index (χ0v) is 13.4. The summed E-state index contributed by atoms with van der Waals surface area (Å²) >= 11 is 5.17. The van der Waals surface area contributed by atoms with Crippen LogP contribution in [0.1, 0.15) is 33.3 Å². The minimum Gasteiger partial charge on any atom is -0.353 e. The fraction of sp³-hybridized carbons (Fsp3) is 0.467. The average molecular weight is 293 g/mol. The van der Waals surface area contributed by atoms with Crippen molar-refractivity contribution in [3.63, 3.8) is 0 Å². The monoisotopic (exact) mass is 293 g/mol. The van der Waals surface area contributed by atoms with E-state index in [0.29, 0.717) is 5.11 Å². The lowest BCUT2D eigenvalue weighted by Crippen LogP contribution is -2.46. The van der Waals surface area contributed by atoms with Crippen molar-refractivity contribution in [1.82, 2.24) is 10.6 Å². The van der Waals surface area contributed by atoms with Gasteiger partial charge in [0.25, 0.3) is 0 Å². The maximum Gasteiger partial charge on any atom is 0.239 e. The van der Waals surface area contributed by atoms with Crippen LogP contribution in [0.2, 0.25) is 0 Å². The Bertz CT molecular complexity index is 480. The van der Waals surface area contributed by atoms with Gasteiger partial charge in [-0.1, -0.05) is 19.1 Å². The van der Waals surface area contributed by atoms with Gasteiger partial charge in [0.1, 0.15) is 0 Å². The van der Waals surface area contributed by atoms with E-state index in [9.17, 15) is 4.79 Å². The molecule has 20 heavy (non-hydrogen) atoms. The van der Waals surface area contributed by atoms with Gasteiger partial charge >= 0.3 is 0 Å². The highest BCUT2D eigenvalue weighted by Crippen LogP contribution is 2.10. The average Bonchev–Trinajstić information content (AvgIpc) is 2.34. The molecular weight excluding hydrogens is 270 g/mol. The normalized spacial score (nSPS) is 10.8. The number of anilines is 1. The molecule has 110 valence electrons. The zero-order chi connectivity index (χ0) is 15.2. The third-order valence-electron chi connectivity index (χ3n) is 2.52. The molecule has 1 rings (SSSR count). The molecule has 5 heteroatoms. The van der Waals surface area contributed by atoms with Crippen LogP contribution in [0.5, 0.6) is 0 Å². The van der Waals surface area contributed by atoms with Gasteiger partial charge in [-0.3, -0.25) is 4.79 Å². The SMILES string of the molecule is CCc1cccc(NC(=S)NCC(=O)NC(C)(C)C)c1. The maximum atomic E-state index is 11.7. The Morgan fingerprint density at radius 2 is 2.00 bits per heavy atom. The zero-order valence-electron chi connectivity index (χ0n) is 12.5. The molecule has 0 bridgehead atoms. The highest BCUT2D eigenvalue weighted by molar-refractivity contribution is 7.80. The predicted octanol–water partition coefficient (Wildman–Crippen LogP) is 2.45. The van der Waals surface area contributed by atoms with Crippen molar-refractivity contribution in [1.29, 1.82) is 0 Å². The Balaban J connectivity index is 2.42. The van der Waals surface area contributed by atoms with Crippen LogP contribution in [0, 0.1) is 0 Å². The minimum atomic E-state index is -0.233. The van der Waals surface area contributed by atoms with Gasteiger partial charge in [0.05, 0.1) is 6.54 Å². The second kappa shape index (κ2) is 7.24. The molecule has 0 radical (unpaired) electrons. The highest BCUT2D eigenvalue weighted by atomic mass is 32.1. The molecule has 0 unspecified atom stereocenters. The first-order valence-electron chi connectivity index (χ1n) is 6.75. The Morgan fingerprint density at radius 3 is 2.60 bits per heavy atom. The smallest absolute Gasteiger partial charge is 0.239 e. The number of carbonyl (C=O) groups is 1. The number of carbonyl (C=O) groups excluding carboxylic acids is 1. The largest absolute Gasteiger partial charge is 0.353 e. The van der Waals surface area contributed by atoms with Crippen LogP contribution in [0.25, 0.3) is 0 Å². The predicted molar refractivity (Wildman–Crippen MR) is 87.9 cm³/mol. The molecule has 0 heterocycles. The molecule has 1 aromatic carbocycles. The molecule has 0 saturated carbocycles. The Kier molecular flexibility index (Phi) is 5.95. The summed E-state index contributed by atoms with van der Waals surface area (Å²) in [5.41, 5.74) is 1.94. The number of rotatable bonds is 4. The van der Waals surface area contributed by atoms with Gasteiger partial charge < -0.3 is 16.0 Å². The van der Waals surface area contributed by atoms with E-state index in [1.807, 2.05) is 39.0 Å². The number of nitrogens with one attached hydrogen (secondary N) is 3. The van der Waals surface area contributed by atoms with Gasteiger partial charge in [-0.2, -0.15) is 0 Å². The molecule has 4 nitrogen and oxygen atoms in total. The molecule has 3 N–H and O–H groups in total. The van der Waals surface area contributed by atoms with Crippen LogP contribution >= 0.6 is 12.2 Å². The lowest BCUT2D eigenvalue weighted by Gasteiger charge is -2.21. The van der Waals surface area contributed by atoms with Gasteiger partial charge in [0.2, 0.25) is 5.91 Å². The standard InChI is InChI=1S/C15H23N3OS/c1-5-11-7-6-8-12(9-11)17-14(20)16-10-13(19)18-15(2,3)4/h6-9H,5,10H2,1-4H3,(H,18,19)(H2,16,17,20). The van der Waals surface area contributed by atoms with Crippen molar-refractivity contribution in [2.24, 2.45) is 0 Å². The van der Waals surface area contributed by atoms with E-state index in [1.165, 1.54) is 5.56 Å². The van der Waals surface area contributed by atoms with Crippen molar-refractivity contribution in [3.8, 4) is 0 Å². The van der Waals surface area contributed by atoms with Crippen LogP contribution in [-0.2, 0) is 11.2 Å². The molecule has 0 aliphatic carbocycles. The first-order valence-corrected chi connectivity index (χ1v) is 7.16. The molecular formula is C15H23N3OS. The van der Waals surface area contributed by atoms with Crippen LogP contribution in [0.3, 0.4) is 0 Å². The van der Waals surface area contributed by atoms with Crippen molar-refractivity contribution < 1.29 is 4.79 Å². The summed E-state index contributed by atoms with van der Waals surface area (Å²) in [6, 6.07) is 8.04. The Labute approximate surface area is 126 Å². The van der Waals surface area contributed by atoms with Crippen LogP contribution in [0.15, 0.2) is 24.3 Å². The van der Waals surface area contributed by atoms with Crippen LogP contribution in [0.4, 0.5) is 5.69 Å². The molecule has 0 spiro atoms. The van der Waals surface area contributed by atoms with E-state index < -0.39 is 0 Å². The van der Waals surface area contributed by atoms with Crippen LogP contribution in [-0.4, -0.2) is 23.1 Å². The van der Waals surface area contributed by atoms with E-state index >= 15 is 0 Å². The molecule has 1 amide bonds. The summed E-state index contributed by atoms with van der Waals surface area (Å²) in [7, 11) is 0. The minimum absolute atomic E-state index is 0.0797. The lowest BCUT2D eigenvalue weighted by atomic mass is 10.1. The first kappa shape index (κ1) is 16.4. The van der Waals surface area contributed by atoms with Gasteiger partial charge in [-0.15, -0.1) is 0 Å². The Hall–Kier alpha value is -1.62. The quantitative estimate of drug-likeness (QED) is 0.746. The van der Waals surface area contributed by atoms with E-state index in [0.717, 1.165) is 12.1 Å². The van der Waals surface area contributed by atoms with E-state index in [1.54, 1.807) is 0 Å². The van der Waals surface area contributed by atoms with E-state index in [4.69, 9.17) is 12.2 Å². The van der Waals surface area contributed by atoms with Crippen LogP contribution < -0.4 is 16.0 Å². The summed E-state index contributed by atoms with van der Waals surface area (Å²) in [5, 5.41) is 9.29. The number of amides is 1. The fourth-order valence-corrected chi connectivity index (χ4v) is 1.86. The first-order chi connectivity index (χ1) is 9.30. The topological polar surface area (TPSA) is 53.2 Å². The summed E-state index contributed by atoms with van der Waals surface area (Å²) < 4.78 is 0. The molecule has 0 aliphatic heterocycles. The maximum absolute atomic E-state index is 11.7.